The zero-order chi connectivity index (χ0) is 42.7. The highest BCUT2D eigenvalue weighted by molar-refractivity contribution is 6.00. The Hall–Kier alpha value is -7.98. The minimum Gasteiger partial charge on any atom is -0.497 e. The van der Waals surface area contributed by atoms with E-state index in [1.807, 2.05) is 97.1 Å². The van der Waals surface area contributed by atoms with E-state index in [1.54, 1.807) is 52.3 Å². The average molecular weight is 819 g/mol. The molecule has 4 aromatic carbocycles. The summed E-state index contributed by atoms with van der Waals surface area (Å²) in [5.74, 6) is 0.718. The standard InChI is InChI=1S/C52H42N4O6/c1-5-61-51(57)35-11-7-31(8-12-35)47-39-23-27-43(53-39)49(33-15-19-37(59-3)20-16-33)45-29-25-41(55-45)48(32-9-13-36(14-10-32)52(58)62-6-2)42-26-30-46(56-42)50(44-28-24-40(47)54-44)34-17-21-38(60-4)22-18-34/h7-30,53,56H,5-6H2,1-4H3. The van der Waals surface area contributed by atoms with E-state index in [0.717, 1.165) is 101 Å². The molecule has 0 atom stereocenters. The molecule has 8 bridgehead atoms. The van der Waals surface area contributed by atoms with Gasteiger partial charge in [0.05, 0.1) is 61.3 Å². The molecule has 0 unspecified atom stereocenters. The number of H-pyrrole nitrogens is 2. The lowest BCUT2D eigenvalue weighted by Crippen LogP contribution is -2.04. The first kappa shape index (κ1) is 39.5. The quantitative estimate of drug-likeness (QED) is 0.131. The van der Waals surface area contributed by atoms with Crippen LogP contribution in [0.4, 0.5) is 0 Å². The minimum atomic E-state index is -0.378. The van der Waals surface area contributed by atoms with Crippen LogP contribution in [0.1, 0.15) is 57.3 Å². The number of nitrogens with zero attached hydrogens (tertiary/aromatic N) is 2. The molecule has 0 spiro atoms. The van der Waals surface area contributed by atoms with E-state index in [0.29, 0.717) is 11.1 Å². The first-order valence-electron chi connectivity index (χ1n) is 20.4. The Morgan fingerprint density at radius 3 is 0.952 bits per heavy atom. The van der Waals surface area contributed by atoms with E-state index < -0.39 is 0 Å². The maximum atomic E-state index is 12.7. The van der Waals surface area contributed by atoms with Crippen LogP contribution < -0.4 is 9.47 Å². The molecule has 10 heteroatoms. The molecule has 0 saturated carbocycles. The third kappa shape index (κ3) is 7.54. The number of methoxy groups -OCH3 is 2. The van der Waals surface area contributed by atoms with E-state index in [9.17, 15) is 9.59 Å². The topological polar surface area (TPSA) is 128 Å². The summed E-state index contributed by atoms with van der Waals surface area (Å²) >= 11 is 0. The molecule has 3 aromatic heterocycles. The molecule has 0 fully saturated rings. The molecule has 0 radical (unpaired) electrons. The normalized spacial score (nSPS) is 11.7. The highest BCUT2D eigenvalue weighted by Crippen LogP contribution is 2.39. The van der Waals surface area contributed by atoms with Gasteiger partial charge >= 0.3 is 11.9 Å². The molecule has 306 valence electrons. The Balaban J connectivity index is 1.39. The SMILES string of the molecule is CCOC(=O)c1ccc(-c2c3nc(c(-c4ccc(OC)cc4)c4ccc([nH]4)c(-c4ccc(C(=O)OCC)cc4)c4nc(c(-c5ccc(OC)cc5)c5ccc2[nH]5)C=C4)C=C3)cc1. The Bertz CT molecular complexity index is 2860. The highest BCUT2D eigenvalue weighted by Gasteiger charge is 2.20. The predicted octanol–water partition coefficient (Wildman–Crippen LogP) is 11.7. The van der Waals surface area contributed by atoms with E-state index in [4.69, 9.17) is 28.9 Å². The zero-order valence-electron chi connectivity index (χ0n) is 34.6. The van der Waals surface area contributed by atoms with Gasteiger partial charge in [0.15, 0.2) is 0 Å². The second kappa shape index (κ2) is 16.9. The smallest absolute Gasteiger partial charge is 0.338 e. The fourth-order valence-corrected chi connectivity index (χ4v) is 7.91. The summed E-state index contributed by atoms with van der Waals surface area (Å²) in [4.78, 5) is 43.6. The average Bonchev–Trinajstić information content (AvgIpc) is 4.16. The second-order valence-electron chi connectivity index (χ2n) is 14.6. The molecule has 9 rings (SSSR count). The molecule has 62 heavy (non-hydrogen) atoms. The second-order valence-corrected chi connectivity index (χ2v) is 14.6. The van der Waals surface area contributed by atoms with E-state index in [1.165, 1.54) is 0 Å². The summed E-state index contributed by atoms with van der Waals surface area (Å²) in [6, 6.07) is 38.9. The van der Waals surface area contributed by atoms with Crippen LogP contribution >= 0.6 is 0 Å². The van der Waals surface area contributed by atoms with Crippen LogP contribution in [0, 0.1) is 0 Å². The molecule has 2 aliphatic heterocycles. The van der Waals surface area contributed by atoms with Crippen LogP contribution in [0.3, 0.4) is 0 Å². The zero-order valence-corrected chi connectivity index (χ0v) is 34.6. The van der Waals surface area contributed by atoms with Crippen LogP contribution in [0.2, 0.25) is 0 Å². The predicted molar refractivity (Wildman–Crippen MR) is 246 cm³/mol. The van der Waals surface area contributed by atoms with Gasteiger partial charge in [-0.3, -0.25) is 0 Å². The van der Waals surface area contributed by atoms with Crippen LogP contribution in [-0.2, 0) is 9.47 Å². The summed E-state index contributed by atoms with van der Waals surface area (Å²) in [6.45, 7) is 4.16. The van der Waals surface area contributed by atoms with Crippen LogP contribution in [0.25, 0.3) is 90.9 Å². The maximum Gasteiger partial charge on any atom is 0.338 e. The number of ether oxygens (including phenoxy) is 4. The lowest BCUT2D eigenvalue weighted by atomic mass is 10.0. The van der Waals surface area contributed by atoms with Crippen molar-refractivity contribution in [3.63, 3.8) is 0 Å². The molecule has 0 aliphatic carbocycles. The van der Waals surface area contributed by atoms with Crippen molar-refractivity contribution in [3.05, 3.63) is 155 Å². The van der Waals surface area contributed by atoms with Crippen molar-refractivity contribution in [1.82, 2.24) is 19.9 Å². The number of esters is 2. The van der Waals surface area contributed by atoms with Gasteiger partial charge in [-0.25, -0.2) is 19.6 Å². The number of benzene rings is 4. The number of carbonyl (C=O) groups excluding carboxylic acids is 2. The number of hydrogen-bond acceptors (Lipinski definition) is 8. The number of rotatable bonds is 10. The van der Waals surface area contributed by atoms with Gasteiger partial charge in [-0.2, -0.15) is 0 Å². The third-order valence-corrected chi connectivity index (χ3v) is 10.9. The maximum absolute atomic E-state index is 12.7. The van der Waals surface area contributed by atoms with Gasteiger partial charge < -0.3 is 28.9 Å². The largest absolute Gasteiger partial charge is 0.497 e. The van der Waals surface area contributed by atoms with E-state index >= 15 is 0 Å². The van der Waals surface area contributed by atoms with Gasteiger partial charge in [-0.1, -0.05) is 48.5 Å². The summed E-state index contributed by atoms with van der Waals surface area (Å²) in [6.07, 6.45) is 8.11. The first-order valence-corrected chi connectivity index (χ1v) is 20.4. The number of fused-ring (bicyclic) bond motifs is 8. The van der Waals surface area contributed by atoms with Gasteiger partial charge in [0.2, 0.25) is 0 Å². The van der Waals surface area contributed by atoms with Gasteiger partial charge in [-0.05, 0) is 133 Å². The summed E-state index contributed by atoms with van der Waals surface area (Å²) in [5.41, 5.74) is 14.2. The molecule has 5 heterocycles. The highest BCUT2D eigenvalue weighted by atomic mass is 16.5. The van der Waals surface area contributed by atoms with Crippen molar-refractivity contribution >= 4 is 58.3 Å². The van der Waals surface area contributed by atoms with Crippen LogP contribution in [0.15, 0.2) is 121 Å². The van der Waals surface area contributed by atoms with Gasteiger partial charge in [0, 0.05) is 44.3 Å². The summed E-state index contributed by atoms with van der Waals surface area (Å²) < 4.78 is 21.6. The molecule has 10 nitrogen and oxygen atoms in total. The Labute approximate surface area is 358 Å². The fraction of sp³-hybridized carbons (Fsp3) is 0.115. The van der Waals surface area contributed by atoms with Crippen LogP contribution in [0.5, 0.6) is 11.5 Å². The van der Waals surface area contributed by atoms with Gasteiger partial charge in [-0.15, -0.1) is 0 Å². The first-order chi connectivity index (χ1) is 30.3. The Kier molecular flexibility index (Phi) is 10.8. The van der Waals surface area contributed by atoms with Crippen LogP contribution in [-0.4, -0.2) is 59.3 Å². The van der Waals surface area contributed by atoms with Crippen molar-refractivity contribution in [2.45, 2.75) is 13.8 Å². The summed E-state index contributed by atoms with van der Waals surface area (Å²) in [5, 5.41) is 0. The lowest BCUT2D eigenvalue weighted by molar-refractivity contribution is 0.0517. The van der Waals surface area contributed by atoms with E-state index in [-0.39, 0.29) is 25.2 Å². The van der Waals surface area contributed by atoms with Crippen molar-refractivity contribution in [3.8, 4) is 56.0 Å². The number of carbonyl (C=O) groups is 2. The number of aromatic amines is 2. The monoisotopic (exact) mass is 818 g/mol. The van der Waals surface area contributed by atoms with Crippen molar-refractivity contribution in [1.29, 1.82) is 0 Å². The lowest BCUT2D eigenvalue weighted by Gasteiger charge is -2.08. The molecule has 2 aliphatic rings. The van der Waals surface area contributed by atoms with Crippen molar-refractivity contribution < 1.29 is 28.5 Å². The van der Waals surface area contributed by atoms with Crippen molar-refractivity contribution in [2.24, 2.45) is 0 Å². The molecular formula is C52H42N4O6. The minimum absolute atomic E-state index is 0.287. The molecule has 0 amide bonds. The number of nitrogens with one attached hydrogen (secondary N) is 2. The Morgan fingerprint density at radius 1 is 0.419 bits per heavy atom. The van der Waals surface area contributed by atoms with E-state index in [2.05, 4.69) is 34.2 Å². The van der Waals surface area contributed by atoms with Gasteiger partial charge in [0.1, 0.15) is 11.5 Å². The molecule has 2 N–H and O–H groups in total. The summed E-state index contributed by atoms with van der Waals surface area (Å²) in [7, 11) is 3.30. The number of hydrogen-bond donors (Lipinski definition) is 2. The van der Waals surface area contributed by atoms with Crippen molar-refractivity contribution in [2.75, 3.05) is 27.4 Å². The third-order valence-electron chi connectivity index (χ3n) is 10.9. The van der Waals surface area contributed by atoms with Gasteiger partial charge in [0.25, 0.3) is 0 Å². The molecule has 7 aromatic rings. The number of aromatic nitrogens is 4. The molecule has 0 saturated heterocycles. The molecular weight excluding hydrogens is 777 g/mol. The fourth-order valence-electron chi connectivity index (χ4n) is 7.91. The Morgan fingerprint density at radius 2 is 0.694 bits per heavy atom.